The molecule has 1 rings (SSSR count). The number of nitrogens with one attached hydrogen (secondary N) is 1. The van der Waals surface area contributed by atoms with Crippen molar-refractivity contribution in [1.82, 2.24) is 14.9 Å². The van der Waals surface area contributed by atoms with Crippen LogP contribution in [-0.2, 0) is 17.8 Å². The average Bonchev–Trinajstić information content (AvgIpc) is 2.52. The summed E-state index contributed by atoms with van der Waals surface area (Å²) in [5, 5.41) is 11.6. The van der Waals surface area contributed by atoms with E-state index in [-0.39, 0.29) is 6.42 Å². The number of carboxylic acids is 1. The Morgan fingerprint density at radius 3 is 3.07 bits per heavy atom. The van der Waals surface area contributed by atoms with E-state index in [0.717, 1.165) is 23.5 Å². The monoisotopic (exact) mass is 275 g/mol. The number of aromatic nitrogens is 2. The summed E-state index contributed by atoms with van der Waals surface area (Å²) in [6.45, 7) is 1.63. The van der Waals surface area contributed by atoms with Crippen molar-refractivity contribution < 1.29 is 9.90 Å². The molecule has 2 N–H and O–H groups in total. The topological polar surface area (TPSA) is 67.2 Å². The van der Waals surface area contributed by atoms with E-state index in [1.807, 2.05) is 17.8 Å². The average molecular weight is 276 g/mol. The van der Waals surface area contributed by atoms with Gasteiger partial charge < -0.3 is 15.0 Å². The van der Waals surface area contributed by atoms with Gasteiger partial charge in [0.15, 0.2) is 0 Å². The van der Waals surface area contributed by atoms with Crippen molar-refractivity contribution in [2.75, 3.05) is 13.6 Å². The lowest BCUT2D eigenvalue weighted by Crippen LogP contribution is -2.16. The van der Waals surface area contributed by atoms with E-state index in [2.05, 4.69) is 26.2 Å². The SMILES string of the molecule is CNCCn1cc(Br)nc1CCC(=O)O. The molecule has 15 heavy (non-hydrogen) atoms. The van der Waals surface area contributed by atoms with Crippen molar-refractivity contribution in [1.29, 1.82) is 0 Å². The number of hydrogen-bond acceptors (Lipinski definition) is 3. The highest BCUT2D eigenvalue weighted by Crippen LogP contribution is 2.11. The standard InChI is InChI=1S/C9H14BrN3O2/c1-11-4-5-13-6-7(10)12-8(13)2-3-9(14)15/h6,11H,2-5H2,1H3,(H,14,15). The molecule has 0 aliphatic heterocycles. The van der Waals surface area contributed by atoms with Gasteiger partial charge in [-0.05, 0) is 23.0 Å². The van der Waals surface area contributed by atoms with Crippen molar-refractivity contribution >= 4 is 21.9 Å². The Bertz CT molecular complexity index is 338. The molecule has 0 amide bonds. The molecule has 0 atom stereocenters. The second-order valence-electron chi connectivity index (χ2n) is 3.17. The molecule has 1 aromatic rings. The van der Waals surface area contributed by atoms with Gasteiger partial charge in [-0.15, -0.1) is 0 Å². The van der Waals surface area contributed by atoms with E-state index < -0.39 is 5.97 Å². The van der Waals surface area contributed by atoms with Crippen molar-refractivity contribution in [2.45, 2.75) is 19.4 Å². The first-order chi connectivity index (χ1) is 7.13. The zero-order valence-corrected chi connectivity index (χ0v) is 10.1. The smallest absolute Gasteiger partial charge is 0.303 e. The third-order valence-corrected chi connectivity index (χ3v) is 2.38. The van der Waals surface area contributed by atoms with Gasteiger partial charge in [-0.2, -0.15) is 0 Å². The Balaban J connectivity index is 2.63. The van der Waals surface area contributed by atoms with E-state index >= 15 is 0 Å². The quantitative estimate of drug-likeness (QED) is 0.809. The number of carboxylic acid groups (broad SMARTS) is 1. The summed E-state index contributed by atoms with van der Waals surface area (Å²) in [7, 11) is 1.88. The number of hydrogen-bond donors (Lipinski definition) is 2. The summed E-state index contributed by atoms with van der Waals surface area (Å²) < 4.78 is 2.71. The Labute approximate surface area is 96.6 Å². The highest BCUT2D eigenvalue weighted by atomic mass is 79.9. The van der Waals surface area contributed by atoms with Gasteiger partial charge in [0.05, 0.1) is 6.42 Å². The number of likely N-dealkylation sites (N-methyl/N-ethyl adjacent to an activating group) is 1. The molecule has 84 valence electrons. The molecule has 0 fully saturated rings. The molecule has 6 heteroatoms. The predicted octanol–water partition coefficient (Wildman–Crippen LogP) is 0.882. The molecular formula is C9H14BrN3O2. The summed E-state index contributed by atoms with van der Waals surface area (Å²) in [5.41, 5.74) is 0. The van der Waals surface area contributed by atoms with Crippen LogP contribution >= 0.6 is 15.9 Å². The second-order valence-corrected chi connectivity index (χ2v) is 3.98. The first kappa shape index (κ1) is 12.2. The van der Waals surface area contributed by atoms with Crippen LogP contribution in [0.4, 0.5) is 0 Å². The predicted molar refractivity (Wildman–Crippen MR) is 59.8 cm³/mol. The lowest BCUT2D eigenvalue weighted by atomic mass is 10.3. The lowest BCUT2D eigenvalue weighted by molar-refractivity contribution is -0.137. The molecule has 0 aliphatic rings. The van der Waals surface area contributed by atoms with Crippen LogP contribution in [0.5, 0.6) is 0 Å². The van der Waals surface area contributed by atoms with Gasteiger partial charge in [-0.3, -0.25) is 4.79 Å². The zero-order valence-electron chi connectivity index (χ0n) is 8.53. The maximum absolute atomic E-state index is 10.4. The molecule has 5 nitrogen and oxygen atoms in total. The van der Waals surface area contributed by atoms with Crippen LogP contribution in [0, 0.1) is 0 Å². The molecule has 0 unspecified atom stereocenters. The van der Waals surface area contributed by atoms with Gasteiger partial charge >= 0.3 is 5.97 Å². The van der Waals surface area contributed by atoms with Crippen LogP contribution in [0.2, 0.25) is 0 Å². The minimum atomic E-state index is -0.797. The van der Waals surface area contributed by atoms with Crippen molar-refractivity contribution in [3.05, 3.63) is 16.6 Å². The van der Waals surface area contributed by atoms with Gasteiger partial charge in [0.1, 0.15) is 10.4 Å². The second kappa shape index (κ2) is 5.87. The fraction of sp³-hybridized carbons (Fsp3) is 0.556. The molecule has 0 saturated carbocycles. The van der Waals surface area contributed by atoms with Crippen LogP contribution in [0.3, 0.4) is 0 Å². The lowest BCUT2D eigenvalue weighted by Gasteiger charge is -2.05. The minimum absolute atomic E-state index is 0.114. The number of carbonyl (C=O) groups is 1. The molecule has 0 saturated heterocycles. The third kappa shape index (κ3) is 4.01. The Hall–Kier alpha value is -0.880. The normalized spacial score (nSPS) is 10.5. The van der Waals surface area contributed by atoms with E-state index in [0.29, 0.717) is 6.42 Å². The molecule has 0 spiro atoms. The highest BCUT2D eigenvalue weighted by Gasteiger charge is 2.07. The van der Waals surface area contributed by atoms with Crippen LogP contribution in [0.25, 0.3) is 0 Å². The summed E-state index contributed by atoms with van der Waals surface area (Å²) in [4.78, 5) is 14.7. The largest absolute Gasteiger partial charge is 0.481 e. The summed E-state index contributed by atoms with van der Waals surface area (Å²) in [6.07, 6.45) is 2.45. The minimum Gasteiger partial charge on any atom is -0.481 e. The van der Waals surface area contributed by atoms with Gasteiger partial charge in [0.25, 0.3) is 0 Å². The van der Waals surface area contributed by atoms with E-state index in [4.69, 9.17) is 5.11 Å². The molecular weight excluding hydrogens is 262 g/mol. The van der Waals surface area contributed by atoms with Gasteiger partial charge in [0.2, 0.25) is 0 Å². The zero-order chi connectivity index (χ0) is 11.3. The molecule has 0 bridgehead atoms. The van der Waals surface area contributed by atoms with E-state index in [1.54, 1.807) is 0 Å². The van der Waals surface area contributed by atoms with Gasteiger partial charge in [0, 0.05) is 25.7 Å². The molecule has 0 radical (unpaired) electrons. The van der Waals surface area contributed by atoms with Gasteiger partial charge in [-0.1, -0.05) is 0 Å². The number of halogens is 1. The maximum Gasteiger partial charge on any atom is 0.303 e. The van der Waals surface area contributed by atoms with E-state index in [9.17, 15) is 4.79 Å². The Morgan fingerprint density at radius 1 is 1.73 bits per heavy atom. The van der Waals surface area contributed by atoms with E-state index in [1.165, 1.54) is 0 Å². The highest BCUT2D eigenvalue weighted by molar-refractivity contribution is 9.10. The van der Waals surface area contributed by atoms with Crippen molar-refractivity contribution in [2.24, 2.45) is 0 Å². The van der Waals surface area contributed by atoms with Crippen LogP contribution in [-0.4, -0.2) is 34.2 Å². The summed E-state index contributed by atoms with van der Waals surface area (Å²) >= 11 is 3.28. The van der Waals surface area contributed by atoms with Crippen molar-refractivity contribution in [3.8, 4) is 0 Å². The molecule has 1 aromatic heterocycles. The fourth-order valence-corrected chi connectivity index (χ4v) is 1.72. The number of nitrogens with zero attached hydrogens (tertiary/aromatic N) is 2. The Kier molecular flexibility index (Phi) is 4.77. The van der Waals surface area contributed by atoms with Crippen LogP contribution in [0.15, 0.2) is 10.8 Å². The number of imidazole rings is 1. The third-order valence-electron chi connectivity index (χ3n) is 1.99. The van der Waals surface area contributed by atoms with Crippen LogP contribution in [0.1, 0.15) is 12.2 Å². The first-order valence-corrected chi connectivity index (χ1v) is 5.50. The maximum atomic E-state index is 10.4. The van der Waals surface area contributed by atoms with Crippen molar-refractivity contribution in [3.63, 3.8) is 0 Å². The molecule has 0 aromatic carbocycles. The fourth-order valence-electron chi connectivity index (χ4n) is 1.26. The Morgan fingerprint density at radius 2 is 2.47 bits per heavy atom. The van der Waals surface area contributed by atoms with Gasteiger partial charge in [-0.25, -0.2) is 4.98 Å². The molecule has 0 aliphatic carbocycles. The number of aryl methyl sites for hydroxylation is 1. The number of aliphatic carboxylic acids is 1. The molecule has 1 heterocycles. The summed E-state index contributed by atoms with van der Waals surface area (Å²) in [5.74, 6) is 0.00816. The number of rotatable bonds is 6. The summed E-state index contributed by atoms with van der Waals surface area (Å²) in [6, 6.07) is 0. The van der Waals surface area contributed by atoms with Crippen LogP contribution < -0.4 is 5.32 Å². The first-order valence-electron chi connectivity index (χ1n) is 4.71.